The van der Waals surface area contributed by atoms with Crippen LogP contribution in [0.4, 0.5) is 17.2 Å². The summed E-state index contributed by atoms with van der Waals surface area (Å²) in [5, 5.41) is 17.0. The summed E-state index contributed by atoms with van der Waals surface area (Å²) in [7, 11) is 0. The van der Waals surface area contributed by atoms with Crippen LogP contribution in [0.2, 0.25) is 5.02 Å². The first-order valence-electron chi connectivity index (χ1n) is 7.35. The molecule has 0 bridgehead atoms. The van der Waals surface area contributed by atoms with Crippen molar-refractivity contribution in [1.82, 2.24) is 15.4 Å². The number of anilines is 3. The molecule has 3 rings (SSSR count). The van der Waals surface area contributed by atoms with Crippen molar-refractivity contribution in [2.45, 2.75) is 13.8 Å². The predicted octanol–water partition coefficient (Wildman–Crippen LogP) is 4.07. The highest BCUT2D eigenvalue weighted by atomic mass is 35.5. The molecule has 0 unspecified atom stereocenters. The number of rotatable bonds is 4. The van der Waals surface area contributed by atoms with Gasteiger partial charge in [-0.2, -0.15) is 5.21 Å². The van der Waals surface area contributed by atoms with Crippen LogP contribution in [0.3, 0.4) is 0 Å². The van der Waals surface area contributed by atoms with Gasteiger partial charge in [-0.05, 0) is 49.2 Å². The second-order valence-electron chi connectivity index (χ2n) is 5.37. The van der Waals surface area contributed by atoms with E-state index in [4.69, 9.17) is 11.6 Å². The van der Waals surface area contributed by atoms with Gasteiger partial charge in [0.2, 0.25) is 0 Å². The van der Waals surface area contributed by atoms with Crippen molar-refractivity contribution in [3.05, 3.63) is 64.3 Å². The molecule has 0 fully saturated rings. The molecule has 0 atom stereocenters. The van der Waals surface area contributed by atoms with Crippen molar-refractivity contribution in [3.8, 4) is 0 Å². The maximum absolute atomic E-state index is 12.6. The molecule has 0 aliphatic carbocycles. The quantitative estimate of drug-likeness (QED) is 0.668. The van der Waals surface area contributed by atoms with Gasteiger partial charge < -0.3 is 10.6 Å². The number of para-hydroxylation sites is 1. The standard InChI is InChI=1S/C17H16ClN5O/c1-10-4-3-5-11(2)14(10)20-17(24)15-16(22-23-21-15)19-13-8-6-12(18)7-9-13/h3-9H,1-2H3,(H,20,24)(H2,19,21,22,23). The van der Waals surface area contributed by atoms with Crippen molar-refractivity contribution in [2.75, 3.05) is 10.6 Å². The number of nitrogens with zero attached hydrogens (tertiary/aromatic N) is 2. The number of carbonyl (C=O) groups excluding carboxylic acids is 1. The summed E-state index contributed by atoms with van der Waals surface area (Å²) in [5.74, 6) is 0.0127. The SMILES string of the molecule is Cc1cccc(C)c1NC(=O)c1n[nH]nc1Nc1ccc(Cl)cc1. The maximum Gasteiger partial charge on any atom is 0.280 e. The summed E-state index contributed by atoms with van der Waals surface area (Å²) in [4.78, 5) is 12.6. The van der Waals surface area contributed by atoms with Gasteiger partial charge in [-0.15, -0.1) is 10.2 Å². The van der Waals surface area contributed by atoms with E-state index in [0.29, 0.717) is 10.8 Å². The molecule has 6 nitrogen and oxygen atoms in total. The molecule has 1 amide bonds. The summed E-state index contributed by atoms with van der Waals surface area (Å²) >= 11 is 5.87. The van der Waals surface area contributed by atoms with Crippen LogP contribution in [0.15, 0.2) is 42.5 Å². The third kappa shape index (κ3) is 3.38. The Hall–Kier alpha value is -2.86. The second-order valence-corrected chi connectivity index (χ2v) is 5.81. The Balaban J connectivity index is 1.82. The number of aryl methyl sites for hydroxylation is 2. The molecule has 0 radical (unpaired) electrons. The summed E-state index contributed by atoms with van der Waals surface area (Å²) in [6.07, 6.45) is 0. The van der Waals surface area contributed by atoms with Gasteiger partial charge in [0.25, 0.3) is 5.91 Å². The molecule has 1 aromatic heterocycles. The Bertz CT molecular complexity index is 853. The van der Waals surface area contributed by atoms with Crippen LogP contribution in [0.1, 0.15) is 21.6 Å². The zero-order chi connectivity index (χ0) is 17.1. The summed E-state index contributed by atoms with van der Waals surface area (Å²) in [6, 6.07) is 12.9. The molecule has 122 valence electrons. The number of amides is 1. The van der Waals surface area contributed by atoms with Crippen LogP contribution in [0, 0.1) is 13.8 Å². The topological polar surface area (TPSA) is 82.7 Å². The third-order valence-electron chi connectivity index (χ3n) is 3.59. The van der Waals surface area contributed by atoms with E-state index < -0.39 is 0 Å². The highest BCUT2D eigenvalue weighted by Crippen LogP contribution is 2.23. The molecule has 0 aliphatic heterocycles. The lowest BCUT2D eigenvalue weighted by Gasteiger charge is -2.11. The molecule has 1 heterocycles. The normalized spacial score (nSPS) is 10.5. The first-order valence-corrected chi connectivity index (χ1v) is 7.73. The molecule has 0 aliphatic rings. The molecule has 3 aromatic rings. The van der Waals surface area contributed by atoms with E-state index in [2.05, 4.69) is 26.0 Å². The lowest BCUT2D eigenvalue weighted by atomic mass is 10.1. The minimum Gasteiger partial charge on any atom is -0.337 e. The summed E-state index contributed by atoms with van der Waals surface area (Å²) in [5.41, 5.74) is 3.70. The molecule has 0 spiro atoms. The van der Waals surface area contributed by atoms with E-state index in [1.165, 1.54) is 0 Å². The van der Waals surface area contributed by atoms with E-state index in [-0.39, 0.29) is 11.6 Å². The summed E-state index contributed by atoms with van der Waals surface area (Å²) in [6.45, 7) is 3.89. The number of benzene rings is 2. The summed E-state index contributed by atoms with van der Waals surface area (Å²) < 4.78 is 0. The smallest absolute Gasteiger partial charge is 0.280 e. The van der Waals surface area contributed by atoms with Gasteiger partial charge in [-0.1, -0.05) is 29.8 Å². The number of aromatic amines is 1. The second kappa shape index (κ2) is 6.72. The molecule has 0 saturated heterocycles. The average Bonchev–Trinajstić information content (AvgIpc) is 3.01. The number of halogens is 1. The first-order chi connectivity index (χ1) is 11.5. The Labute approximate surface area is 144 Å². The Morgan fingerprint density at radius 1 is 1.04 bits per heavy atom. The Morgan fingerprint density at radius 3 is 2.38 bits per heavy atom. The predicted molar refractivity (Wildman–Crippen MR) is 95.0 cm³/mol. The van der Waals surface area contributed by atoms with Crippen LogP contribution in [0.5, 0.6) is 0 Å². The van der Waals surface area contributed by atoms with Crippen molar-refractivity contribution < 1.29 is 4.79 Å². The van der Waals surface area contributed by atoms with Gasteiger partial charge in [0, 0.05) is 16.4 Å². The first kappa shape index (κ1) is 16.0. The van der Waals surface area contributed by atoms with Gasteiger partial charge in [0.1, 0.15) is 0 Å². The Kier molecular flexibility index (Phi) is 4.48. The largest absolute Gasteiger partial charge is 0.337 e. The zero-order valence-electron chi connectivity index (χ0n) is 13.2. The Morgan fingerprint density at radius 2 is 1.71 bits per heavy atom. The van der Waals surface area contributed by atoms with E-state index in [1.807, 2.05) is 32.0 Å². The molecule has 2 aromatic carbocycles. The van der Waals surface area contributed by atoms with Gasteiger partial charge in [0.15, 0.2) is 11.5 Å². The monoisotopic (exact) mass is 341 g/mol. The molecule has 24 heavy (non-hydrogen) atoms. The lowest BCUT2D eigenvalue weighted by molar-refractivity contribution is 0.102. The van der Waals surface area contributed by atoms with Crippen LogP contribution in [-0.4, -0.2) is 21.3 Å². The van der Waals surface area contributed by atoms with E-state index in [9.17, 15) is 4.79 Å². The molecular formula is C17H16ClN5O. The minimum atomic E-state index is -0.336. The van der Waals surface area contributed by atoms with Crippen molar-refractivity contribution >= 4 is 34.7 Å². The van der Waals surface area contributed by atoms with Crippen LogP contribution >= 0.6 is 11.6 Å². The number of H-pyrrole nitrogens is 1. The fraction of sp³-hybridized carbons (Fsp3) is 0.118. The highest BCUT2D eigenvalue weighted by Gasteiger charge is 2.18. The number of aromatic nitrogens is 3. The zero-order valence-corrected chi connectivity index (χ0v) is 14.0. The molecule has 7 heteroatoms. The van der Waals surface area contributed by atoms with Gasteiger partial charge >= 0.3 is 0 Å². The van der Waals surface area contributed by atoms with Crippen LogP contribution < -0.4 is 10.6 Å². The lowest BCUT2D eigenvalue weighted by Crippen LogP contribution is -2.15. The van der Waals surface area contributed by atoms with E-state index in [0.717, 1.165) is 22.5 Å². The fourth-order valence-corrected chi connectivity index (χ4v) is 2.46. The average molecular weight is 342 g/mol. The molecular weight excluding hydrogens is 326 g/mol. The minimum absolute atomic E-state index is 0.188. The number of hydrogen-bond acceptors (Lipinski definition) is 4. The van der Waals surface area contributed by atoms with Gasteiger partial charge in [0.05, 0.1) is 0 Å². The number of carbonyl (C=O) groups is 1. The van der Waals surface area contributed by atoms with Crippen molar-refractivity contribution in [3.63, 3.8) is 0 Å². The number of nitrogens with one attached hydrogen (secondary N) is 3. The van der Waals surface area contributed by atoms with Crippen LogP contribution in [-0.2, 0) is 0 Å². The van der Waals surface area contributed by atoms with E-state index in [1.54, 1.807) is 24.3 Å². The maximum atomic E-state index is 12.6. The van der Waals surface area contributed by atoms with E-state index >= 15 is 0 Å². The number of hydrogen-bond donors (Lipinski definition) is 3. The van der Waals surface area contributed by atoms with Crippen molar-refractivity contribution in [2.24, 2.45) is 0 Å². The molecule has 3 N–H and O–H groups in total. The fourth-order valence-electron chi connectivity index (χ4n) is 2.33. The van der Waals surface area contributed by atoms with Crippen LogP contribution in [0.25, 0.3) is 0 Å². The third-order valence-corrected chi connectivity index (χ3v) is 3.84. The molecule has 0 saturated carbocycles. The highest BCUT2D eigenvalue weighted by molar-refractivity contribution is 6.30. The van der Waals surface area contributed by atoms with Crippen molar-refractivity contribution in [1.29, 1.82) is 0 Å². The van der Waals surface area contributed by atoms with Gasteiger partial charge in [-0.25, -0.2) is 0 Å². The van der Waals surface area contributed by atoms with Gasteiger partial charge in [-0.3, -0.25) is 4.79 Å².